The molecule has 0 heterocycles. The van der Waals surface area contributed by atoms with Crippen LogP contribution in [0.1, 0.15) is 32.1 Å². The molecule has 0 radical (unpaired) electrons. The Kier molecular flexibility index (Phi) is 6.51. The number of benzene rings is 2. The first-order valence-electron chi connectivity index (χ1n) is 8.20. The van der Waals surface area contributed by atoms with Crippen LogP contribution in [-0.4, -0.2) is 30.9 Å². The topological polar surface area (TPSA) is 17.1 Å². The SMILES string of the molecule is O=S(CC([Te]c1ccccc1)=C1CCCCC1)c1ccccc1. The first kappa shape index (κ1) is 17.0. The number of hydrogen-bond acceptors (Lipinski definition) is 1. The number of rotatable bonds is 5. The van der Waals surface area contributed by atoms with Crippen molar-refractivity contribution in [3.63, 3.8) is 0 Å². The average Bonchev–Trinajstić information content (AvgIpc) is 2.63. The minimum absolute atomic E-state index is 0.411. The Labute approximate surface area is 151 Å². The molecule has 1 aliphatic carbocycles. The van der Waals surface area contributed by atoms with Gasteiger partial charge in [0.25, 0.3) is 0 Å². The van der Waals surface area contributed by atoms with Gasteiger partial charge in [-0.3, -0.25) is 0 Å². The van der Waals surface area contributed by atoms with E-state index >= 15 is 0 Å². The molecule has 0 spiro atoms. The second-order valence-electron chi connectivity index (χ2n) is 5.81. The zero-order valence-corrected chi connectivity index (χ0v) is 16.4. The summed E-state index contributed by atoms with van der Waals surface area (Å²) in [5.74, 6) is 0.733. The Balaban J connectivity index is 1.82. The second kappa shape index (κ2) is 8.83. The van der Waals surface area contributed by atoms with Gasteiger partial charge in [-0.05, 0) is 0 Å². The van der Waals surface area contributed by atoms with Crippen LogP contribution in [0.4, 0.5) is 0 Å². The van der Waals surface area contributed by atoms with E-state index in [1.165, 1.54) is 39.3 Å². The molecular formula is C20H22OSTe. The predicted molar refractivity (Wildman–Crippen MR) is 99.7 cm³/mol. The van der Waals surface area contributed by atoms with Crippen molar-refractivity contribution in [1.29, 1.82) is 0 Å². The molecular weight excluding hydrogens is 416 g/mol. The van der Waals surface area contributed by atoms with E-state index in [-0.39, 0.29) is 0 Å². The molecule has 120 valence electrons. The van der Waals surface area contributed by atoms with Gasteiger partial charge in [0, 0.05) is 0 Å². The first-order chi connectivity index (χ1) is 11.3. The first-order valence-corrected chi connectivity index (χ1v) is 11.8. The molecule has 0 N–H and O–H groups in total. The normalized spacial score (nSPS) is 16.1. The third-order valence-electron chi connectivity index (χ3n) is 4.10. The molecule has 1 unspecified atom stereocenters. The van der Waals surface area contributed by atoms with Gasteiger partial charge >= 0.3 is 152 Å². The van der Waals surface area contributed by atoms with Crippen LogP contribution in [0.15, 0.2) is 74.8 Å². The third kappa shape index (κ3) is 5.04. The second-order valence-corrected chi connectivity index (χ2v) is 10.6. The molecule has 1 aliphatic rings. The van der Waals surface area contributed by atoms with E-state index in [0.717, 1.165) is 10.6 Å². The van der Waals surface area contributed by atoms with E-state index in [9.17, 15) is 4.21 Å². The monoisotopic (exact) mass is 440 g/mol. The van der Waals surface area contributed by atoms with E-state index in [4.69, 9.17) is 0 Å². The Hall–Kier alpha value is -0.880. The van der Waals surface area contributed by atoms with Crippen LogP contribution < -0.4 is 3.61 Å². The Bertz CT molecular complexity index is 671. The summed E-state index contributed by atoms with van der Waals surface area (Å²) in [5.41, 5.74) is 1.62. The van der Waals surface area contributed by atoms with Gasteiger partial charge in [0.1, 0.15) is 0 Å². The summed E-state index contributed by atoms with van der Waals surface area (Å²) in [5, 5.41) is 0. The molecule has 3 heteroatoms. The Morgan fingerprint density at radius 3 is 2.13 bits per heavy atom. The number of allylic oxidation sites excluding steroid dienone is 1. The summed E-state index contributed by atoms with van der Waals surface area (Å²) < 4.78 is 15.8. The van der Waals surface area contributed by atoms with Crippen molar-refractivity contribution in [3.05, 3.63) is 69.9 Å². The van der Waals surface area contributed by atoms with Crippen molar-refractivity contribution in [3.8, 4) is 0 Å². The summed E-state index contributed by atoms with van der Waals surface area (Å²) in [6.45, 7) is 0. The zero-order chi connectivity index (χ0) is 15.9. The molecule has 0 saturated heterocycles. The van der Waals surface area contributed by atoms with Crippen LogP contribution >= 0.6 is 0 Å². The molecule has 0 amide bonds. The molecule has 1 saturated carbocycles. The maximum absolute atomic E-state index is 12.8. The number of hydrogen-bond donors (Lipinski definition) is 0. The van der Waals surface area contributed by atoms with Crippen molar-refractivity contribution in [1.82, 2.24) is 0 Å². The standard InChI is InChI=1S/C20H22OSTe/c21-22(18-12-6-2-7-13-18)16-20(17-10-4-1-5-11-17)23-19-14-8-3-9-15-19/h2-3,6-9,12-15H,1,4-5,10-11,16H2. The Morgan fingerprint density at radius 2 is 1.48 bits per heavy atom. The molecule has 2 aromatic carbocycles. The summed E-state index contributed by atoms with van der Waals surface area (Å²) in [6, 6.07) is 20.7. The van der Waals surface area contributed by atoms with E-state index in [2.05, 4.69) is 30.3 Å². The summed E-state index contributed by atoms with van der Waals surface area (Å²) in [7, 11) is -0.914. The molecule has 3 rings (SSSR count). The fraction of sp³-hybridized carbons (Fsp3) is 0.300. The van der Waals surface area contributed by atoms with Crippen LogP contribution in [0.2, 0.25) is 0 Å². The van der Waals surface area contributed by atoms with Crippen LogP contribution in [0.5, 0.6) is 0 Å². The van der Waals surface area contributed by atoms with E-state index in [1.54, 1.807) is 5.57 Å². The fourth-order valence-electron chi connectivity index (χ4n) is 2.87. The quantitative estimate of drug-likeness (QED) is 0.645. The molecule has 1 atom stereocenters. The summed E-state index contributed by atoms with van der Waals surface area (Å²) >= 11 is -0.411. The van der Waals surface area contributed by atoms with Gasteiger partial charge in [-0.2, -0.15) is 0 Å². The molecule has 1 fully saturated rings. The third-order valence-corrected chi connectivity index (χ3v) is 9.41. The zero-order valence-electron chi connectivity index (χ0n) is 13.2. The van der Waals surface area contributed by atoms with Crippen LogP contribution in [0.3, 0.4) is 0 Å². The Morgan fingerprint density at radius 1 is 0.870 bits per heavy atom. The van der Waals surface area contributed by atoms with E-state index in [0.29, 0.717) is 0 Å². The van der Waals surface area contributed by atoms with Crippen molar-refractivity contribution >= 4 is 35.3 Å². The van der Waals surface area contributed by atoms with Gasteiger partial charge in [-0.15, -0.1) is 0 Å². The molecule has 0 bridgehead atoms. The van der Waals surface area contributed by atoms with Crippen molar-refractivity contribution in [2.75, 3.05) is 5.75 Å². The van der Waals surface area contributed by atoms with Gasteiger partial charge in [0.15, 0.2) is 0 Å². The van der Waals surface area contributed by atoms with Crippen LogP contribution in [-0.2, 0) is 10.8 Å². The van der Waals surface area contributed by atoms with Crippen LogP contribution in [0, 0.1) is 0 Å². The molecule has 0 aromatic heterocycles. The van der Waals surface area contributed by atoms with Gasteiger partial charge in [0.05, 0.1) is 0 Å². The van der Waals surface area contributed by atoms with Gasteiger partial charge < -0.3 is 0 Å². The molecule has 2 aromatic rings. The average molecular weight is 438 g/mol. The summed E-state index contributed by atoms with van der Waals surface area (Å²) in [4.78, 5) is 0.960. The van der Waals surface area contributed by atoms with E-state index < -0.39 is 31.7 Å². The predicted octanol–water partition coefficient (Wildman–Crippen LogP) is 4.04. The van der Waals surface area contributed by atoms with Crippen molar-refractivity contribution in [2.45, 2.75) is 37.0 Å². The van der Waals surface area contributed by atoms with E-state index in [1.807, 2.05) is 30.3 Å². The van der Waals surface area contributed by atoms with Crippen molar-refractivity contribution < 1.29 is 4.21 Å². The molecule has 1 nitrogen and oxygen atoms in total. The van der Waals surface area contributed by atoms with Gasteiger partial charge in [-0.25, -0.2) is 0 Å². The maximum atomic E-state index is 12.8. The van der Waals surface area contributed by atoms with Gasteiger partial charge in [0.2, 0.25) is 0 Å². The molecule has 23 heavy (non-hydrogen) atoms. The van der Waals surface area contributed by atoms with Crippen molar-refractivity contribution in [2.24, 2.45) is 0 Å². The summed E-state index contributed by atoms with van der Waals surface area (Å²) in [6.07, 6.45) is 6.40. The minimum atomic E-state index is -0.914. The van der Waals surface area contributed by atoms with Gasteiger partial charge in [-0.1, -0.05) is 0 Å². The molecule has 0 aliphatic heterocycles. The fourth-order valence-corrected chi connectivity index (χ4v) is 8.06. The van der Waals surface area contributed by atoms with Crippen LogP contribution in [0.25, 0.3) is 0 Å².